The van der Waals surface area contributed by atoms with E-state index < -0.39 is 5.97 Å². The molecule has 2 aromatic carbocycles. The zero-order valence-electron chi connectivity index (χ0n) is 16.6. The van der Waals surface area contributed by atoms with Gasteiger partial charge in [0, 0.05) is 5.69 Å². The fourth-order valence-electron chi connectivity index (χ4n) is 3.49. The highest BCUT2D eigenvalue weighted by atomic mass is 16.5. The summed E-state index contributed by atoms with van der Waals surface area (Å²) >= 11 is 0. The topological polar surface area (TPSA) is 83.0 Å². The van der Waals surface area contributed by atoms with E-state index >= 15 is 0 Å². The molecule has 2 aromatic heterocycles. The number of nitrogens with two attached hydrogens (primary N) is 1. The Hall–Kier alpha value is -3.41. The predicted molar refractivity (Wildman–Crippen MR) is 115 cm³/mol. The number of rotatable bonds is 6. The first-order valence-electron chi connectivity index (χ1n) is 9.93. The number of benzene rings is 2. The monoisotopic (exact) mass is 388 g/mol. The van der Waals surface area contributed by atoms with Crippen LogP contribution < -0.4 is 5.73 Å². The third-order valence-corrected chi connectivity index (χ3v) is 5.32. The van der Waals surface area contributed by atoms with Crippen LogP contribution in [0.2, 0.25) is 0 Å². The molecule has 0 amide bonds. The largest absolute Gasteiger partial charge is 0.462 e. The highest BCUT2D eigenvalue weighted by molar-refractivity contribution is 6.09. The van der Waals surface area contributed by atoms with Crippen LogP contribution in [0.5, 0.6) is 0 Å². The van der Waals surface area contributed by atoms with Crippen molar-refractivity contribution in [2.45, 2.75) is 26.7 Å². The normalized spacial score (nSPS) is 11.4. The molecule has 0 aliphatic carbocycles. The average Bonchev–Trinajstić information content (AvgIpc) is 3.04. The summed E-state index contributed by atoms with van der Waals surface area (Å²) in [4.78, 5) is 22.5. The van der Waals surface area contributed by atoms with Gasteiger partial charge in [0.1, 0.15) is 16.9 Å². The van der Waals surface area contributed by atoms with E-state index in [9.17, 15) is 4.79 Å². The lowest BCUT2D eigenvalue weighted by atomic mass is 10.1. The van der Waals surface area contributed by atoms with Crippen molar-refractivity contribution in [1.29, 1.82) is 0 Å². The Bertz CT molecular complexity index is 1160. The van der Waals surface area contributed by atoms with Crippen molar-refractivity contribution in [3.63, 3.8) is 0 Å². The van der Waals surface area contributed by atoms with E-state index in [2.05, 4.69) is 13.8 Å². The minimum absolute atomic E-state index is 0.271. The van der Waals surface area contributed by atoms with Crippen molar-refractivity contribution in [3.8, 4) is 5.69 Å². The Morgan fingerprint density at radius 1 is 1.00 bits per heavy atom. The van der Waals surface area contributed by atoms with Gasteiger partial charge in [0.25, 0.3) is 0 Å². The van der Waals surface area contributed by atoms with Gasteiger partial charge in [-0.1, -0.05) is 57.0 Å². The Labute approximate surface area is 169 Å². The van der Waals surface area contributed by atoms with Crippen LogP contribution in [-0.4, -0.2) is 27.1 Å². The fraction of sp³-hybridized carbons (Fsp3) is 0.261. The number of hydrogen-bond acceptors (Lipinski definition) is 5. The standard InChI is InChI=1S/C23H24N4O2/c1-3-15(4-2)14-29-23(28)19-20-22(26-18-13-9-8-12-17(18)25-20)27(21(19)24)16-10-6-5-7-11-16/h5-13,15H,3-4,14,24H2,1-2H3. The molecule has 0 unspecified atom stereocenters. The van der Waals surface area contributed by atoms with Gasteiger partial charge >= 0.3 is 5.97 Å². The van der Waals surface area contributed by atoms with Gasteiger partial charge in [-0.05, 0) is 30.2 Å². The van der Waals surface area contributed by atoms with Crippen molar-refractivity contribution in [1.82, 2.24) is 14.5 Å². The number of carbonyl (C=O) groups is 1. The molecule has 0 bridgehead atoms. The molecule has 6 nitrogen and oxygen atoms in total. The van der Waals surface area contributed by atoms with Crippen molar-refractivity contribution in [2.75, 3.05) is 12.3 Å². The summed E-state index contributed by atoms with van der Waals surface area (Å²) in [5.41, 5.74) is 10.0. The van der Waals surface area contributed by atoms with Crippen molar-refractivity contribution in [2.24, 2.45) is 5.92 Å². The molecular weight excluding hydrogens is 364 g/mol. The molecule has 4 rings (SSSR count). The second-order valence-corrected chi connectivity index (χ2v) is 7.10. The molecule has 148 valence electrons. The molecule has 4 aromatic rings. The van der Waals surface area contributed by atoms with E-state index in [0.717, 1.165) is 24.0 Å². The first-order chi connectivity index (χ1) is 14.1. The van der Waals surface area contributed by atoms with Crippen LogP contribution in [0, 0.1) is 5.92 Å². The zero-order valence-corrected chi connectivity index (χ0v) is 16.6. The maximum Gasteiger partial charge on any atom is 0.344 e. The number of esters is 1. The zero-order chi connectivity index (χ0) is 20.4. The third kappa shape index (κ3) is 3.42. The number of anilines is 1. The first kappa shape index (κ1) is 18.9. The van der Waals surface area contributed by atoms with Gasteiger partial charge in [0.15, 0.2) is 5.65 Å². The van der Waals surface area contributed by atoms with E-state index in [-0.39, 0.29) is 11.4 Å². The van der Waals surface area contributed by atoms with Crippen LogP contribution in [0.3, 0.4) is 0 Å². The molecule has 0 saturated carbocycles. The van der Waals surface area contributed by atoms with Gasteiger partial charge < -0.3 is 10.5 Å². The minimum Gasteiger partial charge on any atom is -0.462 e. The number of hydrogen-bond donors (Lipinski definition) is 1. The molecule has 0 aliphatic heterocycles. The molecule has 2 N–H and O–H groups in total. The number of fused-ring (bicyclic) bond motifs is 2. The molecule has 0 atom stereocenters. The number of ether oxygens (including phenoxy) is 1. The number of carbonyl (C=O) groups excluding carboxylic acids is 1. The SMILES string of the molecule is CCC(CC)COC(=O)c1c(N)n(-c2ccccc2)c2nc3ccccc3nc12. The van der Waals surface area contributed by atoms with Crippen molar-refractivity contribution >= 4 is 34.0 Å². The first-order valence-corrected chi connectivity index (χ1v) is 9.93. The lowest BCUT2D eigenvalue weighted by Gasteiger charge is -2.12. The highest BCUT2D eigenvalue weighted by Crippen LogP contribution is 2.31. The smallest absolute Gasteiger partial charge is 0.344 e. The summed E-state index contributed by atoms with van der Waals surface area (Å²) < 4.78 is 7.39. The lowest BCUT2D eigenvalue weighted by Crippen LogP contribution is -2.15. The number of aromatic nitrogens is 3. The van der Waals surface area contributed by atoms with Gasteiger partial charge in [-0.2, -0.15) is 0 Å². The summed E-state index contributed by atoms with van der Waals surface area (Å²) in [6, 6.07) is 17.2. The predicted octanol–water partition coefficient (Wildman–Crippen LogP) is 4.75. The molecule has 2 heterocycles. The molecule has 0 aliphatic rings. The van der Waals surface area contributed by atoms with Gasteiger partial charge in [-0.25, -0.2) is 14.8 Å². The Morgan fingerprint density at radius 2 is 1.62 bits per heavy atom. The maximum absolute atomic E-state index is 13.0. The number of para-hydroxylation sites is 3. The van der Waals surface area contributed by atoms with Crippen molar-refractivity contribution in [3.05, 3.63) is 60.2 Å². The molecule has 29 heavy (non-hydrogen) atoms. The second kappa shape index (κ2) is 7.91. The lowest BCUT2D eigenvalue weighted by molar-refractivity contribution is 0.0436. The molecule has 0 radical (unpaired) electrons. The van der Waals surface area contributed by atoms with E-state index in [1.54, 1.807) is 4.57 Å². The van der Waals surface area contributed by atoms with E-state index in [1.807, 2.05) is 54.6 Å². The fourth-order valence-corrected chi connectivity index (χ4v) is 3.49. The average molecular weight is 388 g/mol. The van der Waals surface area contributed by atoms with Gasteiger partial charge in [0.05, 0.1) is 17.6 Å². The van der Waals surface area contributed by atoms with Crippen molar-refractivity contribution < 1.29 is 9.53 Å². The van der Waals surface area contributed by atoms with E-state index in [1.165, 1.54) is 0 Å². The third-order valence-electron chi connectivity index (χ3n) is 5.32. The van der Waals surface area contributed by atoms with Gasteiger partial charge in [-0.3, -0.25) is 4.57 Å². The Morgan fingerprint density at radius 3 is 2.28 bits per heavy atom. The van der Waals surface area contributed by atoms with Crippen LogP contribution in [0.1, 0.15) is 37.0 Å². The quantitative estimate of drug-likeness (QED) is 0.482. The Balaban J connectivity index is 1.90. The van der Waals surface area contributed by atoms with Crippen LogP contribution >= 0.6 is 0 Å². The Kier molecular flexibility index (Phi) is 5.16. The molecule has 0 saturated heterocycles. The summed E-state index contributed by atoms with van der Waals surface area (Å²) in [6.07, 6.45) is 1.91. The minimum atomic E-state index is -0.460. The maximum atomic E-state index is 13.0. The summed E-state index contributed by atoms with van der Waals surface area (Å²) in [5, 5.41) is 0. The van der Waals surface area contributed by atoms with Crippen LogP contribution in [0.15, 0.2) is 54.6 Å². The summed E-state index contributed by atoms with van der Waals surface area (Å²) in [7, 11) is 0. The van der Waals surface area contributed by atoms with Crippen LogP contribution in [0.4, 0.5) is 5.82 Å². The van der Waals surface area contributed by atoms with E-state index in [0.29, 0.717) is 29.2 Å². The summed E-state index contributed by atoms with van der Waals surface area (Å²) in [5.74, 6) is 0.157. The van der Waals surface area contributed by atoms with Crippen LogP contribution in [0.25, 0.3) is 27.9 Å². The number of nitrogen functional groups attached to an aromatic ring is 1. The second-order valence-electron chi connectivity index (χ2n) is 7.10. The van der Waals surface area contributed by atoms with Gasteiger partial charge in [-0.15, -0.1) is 0 Å². The summed E-state index contributed by atoms with van der Waals surface area (Å²) in [6.45, 7) is 4.55. The molecule has 6 heteroatoms. The highest BCUT2D eigenvalue weighted by Gasteiger charge is 2.26. The van der Waals surface area contributed by atoms with Crippen LogP contribution in [-0.2, 0) is 4.74 Å². The van der Waals surface area contributed by atoms with E-state index in [4.69, 9.17) is 20.4 Å². The molecular formula is C23H24N4O2. The molecule has 0 fully saturated rings. The van der Waals surface area contributed by atoms with Gasteiger partial charge in [0.2, 0.25) is 0 Å². The molecule has 0 spiro atoms. The number of nitrogens with zero attached hydrogens (tertiary/aromatic N) is 3.